The normalized spacial score (nSPS) is 10.7. The number of pyridine rings is 1. The minimum absolute atomic E-state index is 0. The van der Waals surface area contributed by atoms with E-state index in [2.05, 4.69) is 37.3 Å². The first-order chi connectivity index (χ1) is 14.7. The first-order valence-electron chi connectivity index (χ1n) is 9.81. The Labute approximate surface area is 185 Å². The van der Waals surface area contributed by atoms with Gasteiger partial charge in [-0.1, -0.05) is 18.2 Å². The number of hydrogen-bond donors (Lipinski definition) is 3. The zero-order valence-corrected chi connectivity index (χ0v) is 17.7. The Hall–Kier alpha value is -3.77. The van der Waals surface area contributed by atoms with Crippen LogP contribution < -0.4 is 10.6 Å². The summed E-state index contributed by atoms with van der Waals surface area (Å²) in [6.07, 6.45) is 5.83. The lowest BCUT2D eigenvalue weighted by molar-refractivity contribution is 0.262. The monoisotopic (exact) mass is 431 g/mol. The Morgan fingerprint density at radius 1 is 1.03 bits per heavy atom. The van der Waals surface area contributed by atoms with Gasteiger partial charge in [0.05, 0.1) is 11.2 Å². The number of rotatable bonds is 4. The first kappa shape index (κ1) is 20.5. The zero-order valence-electron chi connectivity index (χ0n) is 16.9. The molecule has 0 unspecified atom stereocenters. The van der Waals surface area contributed by atoms with E-state index in [1.165, 1.54) is 5.56 Å². The highest BCUT2D eigenvalue weighted by atomic mass is 35.5. The molecule has 3 heterocycles. The summed E-state index contributed by atoms with van der Waals surface area (Å²) in [5.41, 5.74) is 5.76. The highest BCUT2D eigenvalue weighted by Gasteiger charge is 2.11. The molecule has 0 saturated carbocycles. The molecule has 0 aliphatic rings. The van der Waals surface area contributed by atoms with Crippen LogP contribution in [0.5, 0.6) is 0 Å². The van der Waals surface area contributed by atoms with Crippen LogP contribution in [0.4, 0.5) is 16.2 Å². The molecular weight excluding hydrogens is 410 g/mol. The van der Waals surface area contributed by atoms with E-state index in [-0.39, 0.29) is 18.4 Å². The Kier molecular flexibility index (Phi) is 5.64. The van der Waals surface area contributed by atoms with Crippen LogP contribution in [0.1, 0.15) is 11.1 Å². The van der Waals surface area contributed by atoms with Crippen LogP contribution in [0, 0.1) is 6.92 Å². The maximum absolute atomic E-state index is 12.5. The van der Waals surface area contributed by atoms with Gasteiger partial charge in [0, 0.05) is 41.6 Å². The fourth-order valence-electron chi connectivity index (χ4n) is 3.80. The summed E-state index contributed by atoms with van der Waals surface area (Å²) in [6, 6.07) is 19.5. The molecule has 0 aliphatic heterocycles. The van der Waals surface area contributed by atoms with E-state index in [0.29, 0.717) is 6.54 Å². The maximum atomic E-state index is 12.5. The first-order valence-corrected chi connectivity index (χ1v) is 9.81. The predicted octanol–water partition coefficient (Wildman–Crippen LogP) is 5.94. The summed E-state index contributed by atoms with van der Waals surface area (Å²) in [7, 11) is 0. The van der Waals surface area contributed by atoms with Gasteiger partial charge in [0.1, 0.15) is 5.65 Å². The fraction of sp³-hybridized carbons (Fsp3) is 0.0833. The van der Waals surface area contributed by atoms with Gasteiger partial charge >= 0.3 is 6.03 Å². The van der Waals surface area contributed by atoms with E-state index >= 15 is 0 Å². The summed E-state index contributed by atoms with van der Waals surface area (Å²) >= 11 is 0. The fourth-order valence-corrected chi connectivity index (χ4v) is 3.80. The molecule has 5 rings (SSSR count). The number of benzene rings is 2. The van der Waals surface area contributed by atoms with Crippen LogP contribution in [0.3, 0.4) is 0 Å². The highest BCUT2D eigenvalue weighted by molar-refractivity contribution is 6.05. The molecule has 0 aliphatic carbocycles. The molecular formula is C24H22ClN5O. The van der Waals surface area contributed by atoms with Crippen molar-refractivity contribution in [3.8, 4) is 0 Å². The van der Waals surface area contributed by atoms with E-state index < -0.39 is 0 Å². The quantitative estimate of drug-likeness (QED) is 0.329. The largest absolute Gasteiger partial charge is 0.346 e. The SMILES string of the molecule is Cc1cccc(NC(=O)Nc2cccc3c2ccn3Cc2c[nH]c3ncccc23)c1.Cl. The summed E-state index contributed by atoms with van der Waals surface area (Å²) < 4.78 is 2.18. The second kappa shape index (κ2) is 8.53. The van der Waals surface area contributed by atoms with Crippen LogP contribution in [0.2, 0.25) is 0 Å². The number of amides is 2. The number of fused-ring (bicyclic) bond motifs is 2. The highest BCUT2D eigenvalue weighted by Crippen LogP contribution is 2.27. The number of urea groups is 1. The number of hydrogen-bond acceptors (Lipinski definition) is 2. The van der Waals surface area contributed by atoms with Crippen molar-refractivity contribution >= 4 is 51.7 Å². The number of H-pyrrole nitrogens is 1. The van der Waals surface area contributed by atoms with Gasteiger partial charge in [-0.25, -0.2) is 9.78 Å². The van der Waals surface area contributed by atoms with E-state index in [1.807, 2.05) is 67.8 Å². The van der Waals surface area contributed by atoms with Crippen molar-refractivity contribution < 1.29 is 4.79 Å². The molecule has 0 spiro atoms. The maximum Gasteiger partial charge on any atom is 0.323 e. The van der Waals surface area contributed by atoms with Gasteiger partial charge in [-0.05, 0) is 60.5 Å². The second-order valence-corrected chi connectivity index (χ2v) is 7.34. The second-order valence-electron chi connectivity index (χ2n) is 7.34. The van der Waals surface area contributed by atoms with Crippen molar-refractivity contribution in [3.05, 3.63) is 90.4 Å². The molecule has 6 nitrogen and oxygen atoms in total. The molecule has 0 bridgehead atoms. The van der Waals surface area contributed by atoms with E-state index in [4.69, 9.17) is 0 Å². The number of aryl methyl sites for hydroxylation is 1. The number of halogens is 1. The third kappa shape index (κ3) is 4.11. The molecule has 3 aromatic heterocycles. The molecule has 0 radical (unpaired) electrons. The van der Waals surface area contributed by atoms with E-state index in [9.17, 15) is 4.79 Å². The number of carbonyl (C=O) groups excluding carboxylic acids is 1. The number of carbonyl (C=O) groups is 1. The summed E-state index contributed by atoms with van der Waals surface area (Å²) in [5.74, 6) is 0. The van der Waals surface area contributed by atoms with Crippen LogP contribution in [0.25, 0.3) is 21.9 Å². The number of aromatic amines is 1. The smallest absolute Gasteiger partial charge is 0.323 e. The minimum atomic E-state index is -0.261. The number of aromatic nitrogens is 3. The molecule has 3 N–H and O–H groups in total. The predicted molar refractivity (Wildman–Crippen MR) is 128 cm³/mol. The van der Waals surface area contributed by atoms with Crippen molar-refractivity contribution in [1.29, 1.82) is 0 Å². The Morgan fingerprint density at radius 2 is 1.90 bits per heavy atom. The standard InChI is InChI=1S/C24H21N5O.ClH/c1-16-5-2-6-18(13-16)27-24(30)28-21-8-3-9-22-20(21)10-12-29(22)15-17-14-26-23-19(17)7-4-11-25-23;/h2-14H,15H2,1H3,(H,25,26)(H2,27,28,30);1H. The number of nitrogens with one attached hydrogen (secondary N) is 3. The van der Waals surface area contributed by atoms with Crippen LogP contribution in [0.15, 0.2) is 79.3 Å². The third-order valence-electron chi connectivity index (χ3n) is 5.22. The molecule has 0 fully saturated rings. The average Bonchev–Trinajstić information content (AvgIpc) is 3.34. The Balaban J connectivity index is 0.00000231. The van der Waals surface area contributed by atoms with Crippen molar-refractivity contribution in [3.63, 3.8) is 0 Å². The van der Waals surface area contributed by atoms with E-state index in [1.54, 1.807) is 6.20 Å². The lowest BCUT2D eigenvalue weighted by Gasteiger charge is -2.10. The van der Waals surface area contributed by atoms with Gasteiger partial charge in [0.2, 0.25) is 0 Å². The summed E-state index contributed by atoms with van der Waals surface area (Å²) in [5, 5.41) is 7.98. The summed E-state index contributed by atoms with van der Waals surface area (Å²) in [4.78, 5) is 20.1. The van der Waals surface area contributed by atoms with Crippen LogP contribution in [-0.4, -0.2) is 20.6 Å². The lowest BCUT2D eigenvalue weighted by Crippen LogP contribution is -2.19. The van der Waals surface area contributed by atoms with Gasteiger partial charge in [0.15, 0.2) is 0 Å². The molecule has 2 aromatic carbocycles. The van der Waals surface area contributed by atoms with Gasteiger partial charge in [-0.15, -0.1) is 12.4 Å². The van der Waals surface area contributed by atoms with Crippen molar-refractivity contribution in [1.82, 2.24) is 14.5 Å². The van der Waals surface area contributed by atoms with Crippen LogP contribution >= 0.6 is 12.4 Å². The van der Waals surface area contributed by atoms with Gasteiger partial charge in [-0.3, -0.25) is 0 Å². The summed E-state index contributed by atoms with van der Waals surface area (Å²) in [6.45, 7) is 2.71. The third-order valence-corrected chi connectivity index (χ3v) is 5.22. The Bertz CT molecular complexity index is 1370. The van der Waals surface area contributed by atoms with Crippen LogP contribution in [-0.2, 0) is 6.54 Å². The molecule has 31 heavy (non-hydrogen) atoms. The van der Waals surface area contributed by atoms with Gasteiger partial charge in [-0.2, -0.15) is 0 Å². The zero-order chi connectivity index (χ0) is 20.5. The topological polar surface area (TPSA) is 74.7 Å². The lowest BCUT2D eigenvalue weighted by atomic mass is 10.2. The number of nitrogens with zero attached hydrogens (tertiary/aromatic N) is 2. The van der Waals surface area contributed by atoms with E-state index in [0.717, 1.165) is 38.9 Å². The molecule has 7 heteroatoms. The Morgan fingerprint density at radius 3 is 2.77 bits per heavy atom. The van der Waals surface area contributed by atoms with Crippen molar-refractivity contribution in [2.45, 2.75) is 13.5 Å². The van der Waals surface area contributed by atoms with Crippen molar-refractivity contribution in [2.75, 3.05) is 10.6 Å². The minimum Gasteiger partial charge on any atom is -0.346 e. The average molecular weight is 432 g/mol. The van der Waals surface area contributed by atoms with Crippen molar-refractivity contribution in [2.24, 2.45) is 0 Å². The molecule has 5 aromatic rings. The molecule has 0 atom stereocenters. The molecule has 0 saturated heterocycles. The van der Waals surface area contributed by atoms with Gasteiger partial charge in [0.25, 0.3) is 0 Å². The number of anilines is 2. The molecule has 156 valence electrons. The van der Waals surface area contributed by atoms with Gasteiger partial charge < -0.3 is 20.2 Å². The molecule has 2 amide bonds.